The first-order valence-electron chi connectivity index (χ1n) is 2.66. The highest BCUT2D eigenvalue weighted by Gasteiger charge is 2.14. The third-order valence-electron chi connectivity index (χ3n) is 0.978. The molecule has 1 aromatic heterocycles. The van der Waals surface area contributed by atoms with Crippen molar-refractivity contribution in [3.8, 4) is 0 Å². The molecular weight excluding hydrogens is 166 g/mol. The van der Waals surface area contributed by atoms with E-state index in [1.807, 2.05) is 0 Å². The molecular formula is C5H5N3O2S. The maximum absolute atomic E-state index is 10.8. The number of thiazole rings is 1. The number of amides is 1. The van der Waals surface area contributed by atoms with Crippen molar-refractivity contribution in [2.75, 3.05) is 5.73 Å². The number of nitrogen functional groups attached to an aromatic ring is 1. The fraction of sp³-hybridized carbons (Fsp3) is 0. The van der Waals surface area contributed by atoms with Crippen LogP contribution in [0.15, 0.2) is 5.38 Å². The molecule has 0 bridgehead atoms. The zero-order chi connectivity index (χ0) is 8.43. The van der Waals surface area contributed by atoms with Crippen LogP contribution in [-0.4, -0.2) is 16.7 Å². The molecule has 1 aromatic rings. The Morgan fingerprint density at radius 3 is 2.55 bits per heavy atom. The van der Waals surface area contributed by atoms with E-state index >= 15 is 0 Å². The van der Waals surface area contributed by atoms with Crippen molar-refractivity contribution < 1.29 is 9.59 Å². The zero-order valence-electron chi connectivity index (χ0n) is 5.40. The van der Waals surface area contributed by atoms with Crippen molar-refractivity contribution in [2.24, 2.45) is 5.73 Å². The molecule has 0 aliphatic rings. The summed E-state index contributed by atoms with van der Waals surface area (Å²) >= 11 is 1.09. The van der Waals surface area contributed by atoms with E-state index in [0.29, 0.717) is 0 Å². The Hall–Kier alpha value is -1.43. The molecule has 0 unspecified atom stereocenters. The summed E-state index contributed by atoms with van der Waals surface area (Å²) in [5.41, 5.74) is 9.95. The van der Waals surface area contributed by atoms with Crippen LogP contribution in [0.2, 0.25) is 0 Å². The lowest BCUT2D eigenvalue weighted by Gasteiger charge is -1.86. The normalized spacial score (nSPS) is 9.45. The van der Waals surface area contributed by atoms with Gasteiger partial charge in [0.25, 0.3) is 11.7 Å². The van der Waals surface area contributed by atoms with Gasteiger partial charge in [-0.25, -0.2) is 4.98 Å². The minimum Gasteiger partial charge on any atom is -0.375 e. The molecule has 58 valence electrons. The number of hydrogen-bond acceptors (Lipinski definition) is 5. The Bertz CT molecular complexity index is 306. The average Bonchev–Trinajstić information content (AvgIpc) is 2.34. The van der Waals surface area contributed by atoms with Crippen LogP contribution < -0.4 is 11.5 Å². The lowest BCUT2D eigenvalue weighted by Crippen LogP contribution is -2.23. The van der Waals surface area contributed by atoms with Crippen molar-refractivity contribution in [2.45, 2.75) is 0 Å². The number of carbonyl (C=O) groups excluding carboxylic acids is 2. The third-order valence-corrected chi connectivity index (χ3v) is 1.65. The Balaban J connectivity index is 2.94. The summed E-state index contributed by atoms with van der Waals surface area (Å²) in [7, 11) is 0. The fourth-order valence-electron chi connectivity index (χ4n) is 0.518. The molecule has 0 radical (unpaired) electrons. The van der Waals surface area contributed by atoms with Gasteiger partial charge in [0.2, 0.25) is 0 Å². The van der Waals surface area contributed by atoms with Crippen molar-refractivity contribution in [1.29, 1.82) is 0 Å². The predicted octanol–water partition coefficient (Wildman–Crippen LogP) is -0.607. The molecule has 0 saturated carbocycles. The number of nitrogens with two attached hydrogens (primary N) is 2. The van der Waals surface area contributed by atoms with Crippen LogP contribution >= 0.6 is 11.3 Å². The van der Waals surface area contributed by atoms with Crippen LogP contribution in [0.25, 0.3) is 0 Å². The quantitative estimate of drug-likeness (QED) is 0.458. The number of aromatic nitrogens is 1. The summed E-state index contributed by atoms with van der Waals surface area (Å²) in [6.45, 7) is 0. The highest BCUT2D eigenvalue weighted by atomic mass is 32.1. The molecule has 4 N–H and O–H groups in total. The molecule has 0 aliphatic heterocycles. The molecule has 0 aliphatic carbocycles. The molecule has 1 rings (SSSR count). The van der Waals surface area contributed by atoms with Crippen LogP contribution in [0.3, 0.4) is 0 Å². The second-order valence-corrected chi connectivity index (χ2v) is 2.65. The summed E-state index contributed by atoms with van der Waals surface area (Å²) in [6, 6.07) is 0. The second-order valence-electron chi connectivity index (χ2n) is 1.76. The van der Waals surface area contributed by atoms with Gasteiger partial charge in [0.15, 0.2) is 5.13 Å². The van der Waals surface area contributed by atoms with Gasteiger partial charge in [0.1, 0.15) is 5.69 Å². The van der Waals surface area contributed by atoms with Gasteiger partial charge in [-0.3, -0.25) is 9.59 Å². The van der Waals surface area contributed by atoms with E-state index in [1.165, 1.54) is 5.38 Å². The van der Waals surface area contributed by atoms with Gasteiger partial charge < -0.3 is 11.5 Å². The summed E-state index contributed by atoms with van der Waals surface area (Å²) in [4.78, 5) is 24.7. The fourth-order valence-corrected chi connectivity index (χ4v) is 1.06. The van der Waals surface area contributed by atoms with Crippen LogP contribution in [0, 0.1) is 0 Å². The van der Waals surface area contributed by atoms with Crippen LogP contribution in [0.4, 0.5) is 5.13 Å². The highest BCUT2D eigenvalue weighted by molar-refractivity contribution is 7.13. The maximum Gasteiger partial charge on any atom is 0.291 e. The highest BCUT2D eigenvalue weighted by Crippen LogP contribution is 2.10. The van der Waals surface area contributed by atoms with Gasteiger partial charge in [-0.1, -0.05) is 0 Å². The van der Waals surface area contributed by atoms with Gasteiger partial charge in [0.05, 0.1) is 0 Å². The zero-order valence-corrected chi connectivity index (χ0v) is 6.22. The van der Waals surface area contributed by atoms with Crippen molar-refractivity contribution in [3.05, 3.63) is 11.1 Å². The van der Waals surface area contributed by atoms with Gasteiger partial charge in [-0.05, 0) is 0 Å². The Kier molecular flexibility index (Phi) is 1.86. The standard InChI is InChI=1S/C5H5N3O2S/c6-4(10)3(9)2-1-11-5(7)8-2/h1H,(H2,6,10)(H2,7,8). The average molecular weight is 171 g/mol. The smallest absolute Gasteiger partial charge is 0.291 e. The third kappa shape index (κ3) is 1.53. The van der Waals surface area contributed by atoms with Crippen molar-refractivity contribution >= 4 is 28.2 Å². The number of primary amides is 1. The minimum atomic E-state index is -1.02. The van der Waals surface area contributed by atoms with Crippen LogP contribution in [0.1, 0.15) is 10.5 Å². The van der Waals surface area contributed by atoms with Gasteiger partial charge in [0, 0.05) is 5.38 Å². The van der Waals surface area contributed by atoms with E-state index in [0.717, 1.165) is 11.3 Å². The van der Waals surface area contributed by atoms with E-state index in [9.17, 15) is 9.59 Å². The first kappa shape index (κ1) is 7.67. The molecule has 1 heterocycles. The van der Waals surface area contributed by atoms with E-state index in [1.54, 1.807) is 0 Å². The Labute approximate surface area is 66.0 Å². The van der Waals surface area contributed by atoms with Crippen molar-refractivity contribution in [3.63, 3.8) is 0 Å². The minimum absolute atomic E-state index is 0.0139. The topological polar surface area (TPSA) is 99.1 Å². The SMILES string of the molecule is NC(=O)C(=O)c1csc(N)n1. The molecule has 0 atom stereocenters. The Morgan fingerprint density at radius 1 is 1.55 bits per heavy atom. The lowest BCUT2D eigenvalue weighted by atomic mass is 10.3. The second kappa shape index (κ2) is 2.67. The summed E-state index contributed by atoms with van der Waals surface area (Å²) in [5, 5.41) is 1.64. The number of ketones is 1. The lowest BCUT2D eigenvalue weighted by molar-refractivity contribution is -0.114. The first-order valence-corrected chi connectivity index (χ1v) is 3.54. The van der Waals surface area contributed by atoms with Crippen molar-refractivity contribution in [1.82, 2.24) is 4.98 Å². The largest absolute Gasteiger partial charge is 0.375 e. The monoisotopic (exact) mass is 171 g/mol. The number of anilines is 1. The first-order chi connectivity index (χ1) is 5.11. The van der Waals surface area contributed by atoms with Crippen LogP contribution in [0.5, 0.6) is 0 Å². The molecule has 0 fully saturated rings. The van der Waals surface area contributed by atoms with Gasteiger partial charge in [-0.15, -0.1) is 11.3 Å². The van der Waals surface area contributed by atoms with E-state index < -0.39 is 11.7 Å². The molecule has 6 heteroatoms. The predicted molar refractivity (Wildman–Crippen MR) is 40.1 cm³/mol. The van der Waals surface area contributed by atoms with E-state index in [2.05, 4.69) is 4.98 Å². The molecule has 5 nitrogen and oxygen atoms in total. The molecule has 0 spiro atoms. The number of rotatable bonds is 2. The molecule has 11 heavy (non-hydrogen) atoms. The molecule has 0 aromatic carbocycles. The van der Waals surface area contributed by atoms with Gasteiger partial charge in [-0.2, -0.15) is 0 Å². The van der Waals surface area contributed by atoms with E-state index in [4.69, 9.17) is 11.5 Å². The summed E-state index contributed by atoms with van der Waals surface area (Å²) < 4.78 is 0. The van der Waals surface area contributed by atoms with Crippen LogP contribution in [-0.2, 0) is 4.79 Å². The number of hydrogen-bond donors (Lipinski definition) is 2. The molecule has 0 saturated heterocycles. The Morgan fingerprint density at radius 2 is 2.18 bits per heavy atom. The van der Waals surface area contributed by atoms with E-state index in [-0.39, 0.29) is 10.8 Å². The molecule has 1 amide bonds. The maximum atomic E-state index is 10.8. The summed E-state index contributed by atoms with van der Waals surface area (Å²) in [5.74, 6) is -1.83. The number of nitrogens with zero attached hydrogens (tertiary/aromatic N) is 1. The number of Topliss-reactive ketones (excluding diaryl/α,β-unsaturated/α-hetero) is 1. The van der Waals surface area contributed by atoms with Gasteiger partial charge >= 0.3 is 0 Å². The summed E-state index contributed by atoms with van der Waals surface area (Å²) in [6.07, 6.45) is 0. The number of carbonyl (C=O) groups is 2.